The van der Waals surface area contributed by atoms with Crippen LogP contribution in [0.15, 0.2) is 48.5 Å². The molecule has 1 heterocycles. The minimum Gasteiger partial charge on any atom is -0.496 e. The molecule has 176 valence electrons. The van der Waals surface area contributed by atoms with E-state index < -0.39 is 4.92 Å². The number of non-ortho nitro benzene ring substituents is 1. The van der Waals surface area contributed by atoms with Gasteiger partial charge in [-0.15, -0.1) is 0 Å². The summed E-state index contributed by atoms with van der Waals surface area (Å²) in [5, 5.41) is 10.9. The molecule has 0 N–H and O–H groups in total. The van der Waals surface area contributed by atoms with Crippen LogP contribution in [-0.2, 0) is 4.74 Å². The van der Waals surface area contributed by atoms with E-state index >= 15 is 0 Å². The van der Waals surface area contributed by atoms with E-state index in [-0.39, 0.29) is 29.6 Å². The molecule has 0 aliphatic carbocycles. The van der Waals surface area contributed by atoms with Crippen molar-refractivity contribution in [2.45, 2.75) is 32.4 Å². The van der Waals surface area contributed by atoms with Crippen molar-refractivity contribution in [3.63, 3.8) is 0 Å². The summed E-state index contributed by atoms with van der Waals surface area (Å²) >= 11 is 0. The van der Waals surface area contributed by atoms with Gasteiger partial charge in [0.1, 0.15) is 5.75 Å². The summed E-state index contributed by atoms with van der Waals surface area (Å²) in [6.07, 6.45) is 0.410. The van der Waals surface area contributed by atoms with Gasteiger partial charge in [0.05, 0.1) is 30.3 Å². The van der Waals surface area contributed by atoms with Crippen LogP contribution in [0.25, 0.3) is 0 Å². The fourth-order valence-corrected chi connectivity index (χ4v) is 3.80. The Hall–Kier alpha value is -3.46. The number of nitrogens with zero attached hydrogens (tertiary/aromatic N) is 3. The number of nitro groups is 1. The highest BCUT2D eigenvalue weighted by molar-refractivity contribution is 5.97. The first-order valence-electron chi connectivity index (χ1n) is 10.9. The van der Waals surface area contributed by atoms with Crippen LogP contribution < -0.4 is 4.74 Å². The van der Waals surface area contributed by atoms with Gasteiger partial charge in [-0.1, -0.05) is 19.1 Å². The van der Waals surface area contributed by atoms with Gasteiger partial charge in [0.25, 0.3) is 17.5 Å². The molecule has 9 heteroatoms. The molecule has 33 heavy (non-hydrogen) atoms. The zero-order valence-corrected chi connectivity index (χ0v) is 19.1. The number of benzene rings is 2. The van der Waals surface area contributed by atoms with E-state index in [0.29, 0.717) is 43.1 Å². The van der Waals surface area contributed by atoms with Crippen LogP contribution in [0, 0.1) is 10.1 Å². The minimum absolute atomic E-state index is 0.0354. The van der Waals surface area contributed by atoms with Crippen molar-refractivity contribution in [1.29, 1.82) is 0 Å². The summed E-state index contributed by atoms with van der Waals surface area (Å²) in [5.41, 5.74) is 0.797. The van der Waals surface area contributed by atoms with Crippen molar-refractivity contribution in [2.75, 3.05) is 33.4 Å². The van der Waals surface area contributed by atoms with E-state index in [4.69, 9.17) is 9.47 Å². The first kappa shape index (κ1) is 24.2. The SMILES string of the molecule is CCC(C)N(CC1CN(C(=O)c2ccc([N+](=O)[O-])cc2)CCO1)C(=O)c1ccccc1OC. The molecule has 2 amide bonds. The summed E-state index contributed by atoms with van der Waals surface area (Å²) in [5.74, 6) is 0.143. The first-order chi connectivity index (χ1) is 15.8. The van der Waals surface area contributed by atoms with E-state index in [1.165, 1.54) is 31.4 Å². The molecular weight excluding hydrogens is 426 g/mol. The highest BCUT2D eigenvalue weighted by atomic mass is 16.6. The maximum absolute atomic E-state index is 13.4. The maximum Gasteiger partial charge on any atom is 0.269 e. The van der Waals surface area contributed by atoms with Crippen LogP contribution in [0.2, 0.25) is 0 Å². The predicted molar refractivity (Wildman–Crippen MR) is 123 cm³/mol. The van der Waals surface area contributed by atoms with Gasteiger partial charge in [-0.05, 0) is 37.6 Å². The molecule has 0 radical (unpaired) electrons. The van der Waals surface area contributed by atoms with E-state index in [1.807, 2.05) is 19.9 Å². The molecule has 3 rings (SSSR count). The third kappa shape index (κ3) is 5.67. The highest BCUT2D eigenvalue weighted by Gasteiger charge is 2.31. The van der Waals surface area contributed by atoms with Gasteiger partial charge in [-0.3, -0.25) is 19.7 Å². The third-order valence-electron chi connectivity index (χ3n) is 5.87. The average Bonchev–Trinajstić information content (AvgIpc) is 2.86. The Balaban J connectivity index is 1.73. The van der Waals surface area contributed by atoms with Gasteiger partial charge in [0.2, 0.25) is 0 Å². The van der Waals surface area contributed by atoms with Crippen molar-refractivity contribution in [3.8, 4) is 5.75 Å². The van der Waals surface area contributed by atoms with Crippen molar-refractivity contribution in [2.24, 2.45) is 0 Å². The summed E-state index contributed by atoms with van der Waals surface area (Å²) in [6, 6.07) is 12.6. The quantitative estimate of drug-likeness (QED) is 0.447. The molecule has 1 aliphatic rings. The van der Waals surface area contributed by atoms with E-state index in [2.05, 4.69) is 0 Å². The molecule has 9 nitrogen and oxygen atoms in total. The normalized spacial score (nSPS) is 16.7. The Morgan fingerprint density at radius 2 is 1.94 bits per heavy atom. The zero-order valence-electron chi connectivity index (χ0n) is 19.1. The molecule has 2 aromatic rings. The smallest absolute Gasteiger partial charge is 0.269 e. The lowest BCUT2D eigenvalue weighted by Gasteiger charge is -2.37. The van der Waals surface area contributed by atoms with Crippen LogP contribution >= 0.6 is 0 Å². The summed E-state index contributed by atoms with van der Waals surface area (Å²) in [6.45, 7) is 5.41. The van der Waals surface area contributed by atoms with Gasteiger partial charge >= 0.3 is 0 Å². The number of ether oxygens (including phenoxy) is 2. The second-order valence-electron chi connectivity index (χ2n) is 7.96. The van der Waals surface area contributed by atoms with Crippen molar-refractivity contribution >= 4 is 17.5 Å². The monoisotopic (exact) mass is 455 g/mol. The topological polar surface area (TPSA) is 102 Å². The molecule has 0 aromatic heterocycles. The Kier molecular flexibility index (Phi) is 8.00. The Bertz CT molecular complexity index is 994. The lowest BCUT2D eigenvalue weighted by Crippen LogP contribution is -2.52. The number of morpholine rings is 1. The van der Waals surface area contributed by atoms with Crippen molar-refractivity contribution < 1.29 is 24.0 Å². The molecule has 1 aliphatic heterocycles. The molecule has 2 atom stereocenters. The molecule has 1 saturated heterocycles. The number of carbonyl (C=O) groups excluding carboxylic acids is 2. The number of amides is 2. The fraction of sp³-hybridized carbons (Fsp3) is 0.417. The summed E-state index contributed by atoms with van der Waals surface area (Å²) in [7, 11) is 1.53. The molecule has 2 unspecified atom stereocenters. The van der Waals surface area contributed by atoms with E-state index in [1.54, 1.807) is 28.0 Å². The van der Waals surface area contributed by atoms with Crippen LogP contribution in [0.3, 0.4) is 0 Å². The van der Waals surface area contributed by atoms with Crippen molar-refractivity contribution in [1.82, 2.24) is 9.80 Å². The Morgan fingerprint density at radius 3 is 2.58 bits per heavy atom. The maximum atomic E-state index is 13.4. The zero-order chi connectivity index (χ0) is 24.0. The minimum atomic E-state index is -0.499. The van der Waals surface area contributed by atoms with Crippen LogP contribution in [0.5, 0.6) is 5.75 Å². The number of carbonyl (C=O) groups is 2. The second kappa shape index (κ2) is 10.9. The van der Waals surface area contributed by atoms with Gasteiger partial charge in [0.15, 0.2) is 0 Å². The third-order valence-corrected chi connectivity index (χ3v) is 5.87. The lowest BCUT2D eigenvalue weighted by molar-refractivity contribution is -0.384. The van der Waals surface area contributed by atoms with Crippen LogP contribution in [0.4, 0.5) is 5.69 Å². The molecule has 0 bridgehead atoms. The molecular formula is C24H29N3O6. The van der Waals surface area contributed by atoms with Gasteiger partial charge < -0.3 is 19.3 Å². The van der Waals surface area contributed by atoms with E-state index in [0.717, 1.165) is 6.42 Å². The molecule has 2 aromatic carbocycles. The van der Waals surface area contributed by atoms with Gasteiger partial charge in [-0.25, -0.2) is 0 Å². The largest absolute Gasteiger partial charge is 0.496 e. The summed E-state index contributed by atoms with van der Waals surface area (Å²) in [4.78, 5) is 40.1. The first-order valence-corrected chi connectivity index (χ1v) is 10.9. The molecule has 0 saturated carbocycles. The number of hydrogen-bond donors (Lipinski definition) is 0. The number of hydrogen-bond acceptors (Lipinski definition) is 6. The second-order valence-corrected chi connectivity index (χ2v) is 7.96. The standard InChI is InChI=1S/C24H29N3O6/c1-4-17(2)26(24(29)21-7-5-6-8-22(21)32-3)16-20-15-25(13-14-33-20)23(28)18-9-11-19(12-10-18)27(30)31/h5-12,17,20H,4,13-16H2,1-3H3. The Morgan fingerprint density at radius 1 is 1.24 bits per heavy atom. The number of nitro benzene ring substituents is 1. The molecule has 0 spiro atoms. The molecule has 1 fully saturated rings. The average molecular weight is 456 g/mol. The van der Waals surface area contributed by atoms with Crippen LogP contribution in [-0.4, -0.2) is 72.0 Å². The summed E-state index contributed by atoms with van der Waals surface area (Å²) < 4.78 is 11.3. The van der Waals surface area contributed by atoms with Crippen LogP contribution in [0.1, 0.15) is 41.0 Å². The predicted octanol–water partition coefficient (Wildman–Crippen LogP) is 3.39. The van der Waals surface area contributed by atoms with Crippen molar-refractivity contribution in [3.05, 3.63) is 69.8 Å². The number of methoxy groups -OCH3 is 1. The lowest BCUT2D eigenvalue weighted by atomic mass is 10.1. The fourth-order valence-electron chi connectivity index (χ4n) is 3.80. The Labute approximate surface area is 193 Å². The number of para-hydroxylation sites is 1. The van der Waals surface area contributed by atoms with Gasteiger partial charge in [0, 0.05) is 43.4 Å². The van der Waals surface area contributed by atoms with E-state index in [9.17, 15) is 19.7 Å². The van der Waals surface area contributed by atoms with Gasteiger partial charge in [-0.2, -0.15) is 0 Å². The highest BCUT2D eigenvalue weighted by Crippen LogP contribution is 2.23. The number of rotatable bonds is 8.